The van der Waals surface area contributed by atoms with Gasteiger partial charge >= 0.3 is 0 Å². The fraction of sp³-hybridized carbons (Fsp3) is 0.364. The average Bonchev–Trinajstić information content (AvgIpc) is 2.84. The maximum atomic E-state index is 9.20. The zero-order valence-electron chi connectivity index (χ0n) is 8.77. The van der Waals surface area contributed by atoms with Crippen molar-refractivity contribution in [1.29, 1.82) is 0 Å². The molecule has 0 amide bonds. The molecule has 4 heteroatoms. The van der Waals surface area contributed by atoms with E-state index in [9.17, 15) is 5.11 Å². The quantitative estimate of drug-likeness (QED) is 0.797. The second-order valence-electron chi connectivity index (χ2n) is 3.48. The van der Waals surface area contributed by atoms with Gasteiger partial charge in [-0.2, -0.15) is 0 Å². The molecule has 0 spiro atoms. The van der Waals surface area contributed by atoms with E-state index in [0.29, 0.717) is 5.69 Å². The molecule has 80 valence electrons. The van der Waals surface area contributed by atoms with Crippen LogP contribution in [0.25, 0.3) is 5.82 Å². The molecule has 0 unspecified atom stereocenters. The van der Waals surface area contributed by atoms with Crippen LogP contribution in [0.4, 0.5) is 0 Å². The lowest BCUT2D eigenvalue weighted by atomic mass is 10.3. The molecule has 0 saturated heterocycles. The first-order chi connectivity index (χ1) is 7.35. The number of aliphatic hydroxyl groups excluding tert-OH is 1. The Kier molecular flexibility index (Phi) is 2.87. The van der Waals surface area contributed by atoms with Crippen LogP contribution in [0.15, 0.2) is 24.5 Å². The first-order valence-corrected chi connectivity index (χ1v) is 5.17. The maximum Gasteiger partial charge on any atom is 0.140 e. The van der Waals surface area contributed by atoms with Crippen LogP contribution in [0, 0.1) is 0 Å². The van der Waals surface area contributed by atoms with Gasteiger partial charge in [-0.3, -0.25) is 0 Å². The van der Waals surface area contributed by atoms with Crippen molar-refractivity contribution >= 4 is 0 Å². The molecular formula is C11H15N3O. The van der Waals surface area contributed by atoms with Crippen LogP contribution in [0.5, 0.6) is 0 Å². The van der Waals surface area contributed by atoms with Crippen molar-refractivity contribution in [3.05, 3.63) is 36.0 Å². The van der Waals surface area contributed by atoms with Gasteiger partial charge in [0, 0.05) is 18.8 Å². The molecule has 2 heterocycles. The van der Waals surface area contributed by atoms with Gasteiger partial charge in [0.05, 0.1) is 6.61 Å². The van der Waals surface area contributed by atoms with Gasteiger partial charge in [0.2, 0.25) is 0 Å². The van der Waals surface area contributed by atoms with Crippen LogP contribution in [-0.2, 0) is 13.0 Å². The molecule has 0 saturated carbocycles. The molecule has 2 rings (SSSR count). The second-order valence-corrected chi connectivity index (χ2v) is 3.48. The van der Waals surface area contributed by atoms with E-state index in [4.69, 9.17) is 0 Å². The number of aliphatic hydroxyl groups is 1. The highest BCUT2D eigenvalue weighted by molar-refractivity contribution is 5.31. The van der Waals surface area contributed by atoms with E-state index < -0.39 is 0 Å². The number of nitrogens with zero attached hydrogens (tertiary/aromatic N) is 2. The molecule has 0 aliphatic carbocycles. The minimum absolute atomic E-state index is 0.0340. The van der Waals surface area contributed by atoms with Crippen molar-refractivity contribution < 1.29 is 5.11 Å². The van der Waals surface area contributed by atoms with Crippen molar-refractivity contribution in [2.45, 2.75) is 26.4 Å². The largest absolute Gasteiger partial charge is 0.390 e. The van der Waals surface area contributed by atoms with E-state index >= 15 is 0 Å². The highest BCUT2D eigenvalue weighted by Crippen LogP contribution is 2.13. The van der Waals surface area contributed by atoms with Gasteiger partial charge in [-0.1, -0.05) is 6.92 Å². The minimum Gasteiger partial charge on any atom is -0.390 e. The van der Waals surface area contributed by atoms with Crippen LogP contribution in [-0.4, -0.2) is 19.6 Å². The lowest BCUT2D eigenvalue weighted by Crippen LogP contribution is -1.95. The number of nitrogens with one attached hydrogen (secondary N) is 1. The van der Waals surface area contributed by atoms with E-state index in [0.717, 1.165) is 24.5 Å². The van der Waals surface area contributed by atoms with Gasteiger partial charge in [-0.15, -0.1) is 0 Å². The first kappa shape index (κ1) is 9.98. The van der Waals surface area contributed by atoms with Crippen LogP contribution < -0.4 is 0 Å². The number of H-pyrrole nitrogens is 1. The lowest BCUT2D eigenvalue weighted by molar-refractivity contribution is 0.277. The van der Waals surface area contributed by atoms with Crippen LogP contribution >= 0.6 is 0 Å². The number of hydrogen-bond donors (Lipinski definition) is 2. The third kappa shape index (κ3) is 1.94. The molecule has 0 atom stereocenters. The molecular weight excluding hydrogens is 190 g/mol. The maximum absolute atomic E-state index is 9.20. The summed E-state index contributed by atoms with van der Waals surface area (Å²) in [5, 5.41) is 9.20. The molecule has 0 bridgehead atoms. The molecule has 2 aromatic rings. The topological polar surface area (TPSA) is 53.8 Å². The zero-order valence-corrected chi connectivity index (χ0v) is 8.77. The van der Waals surface area contributed by atoms with Crippen molar-refractivity contribution in [1.82, 2.24) is 14.5 Å². The van der Waals surface area contributed by atoms with E-state index in [-0.39, 0.29) is 6.61 Å². The predicted molar refractivity (Wildman–Crippen MR) is 57.8 cm³/mol. The number of rotatable bonds is 4. The smallest absolute Gasteiger partial charge is 0.140 e. The van der Waals surface area contributed by atoms with E-state index in [1.807, 2.05) is 29.1 Å². The van der Waals surface area contributed by atoms with Gasteiger partial charge in [0.1, 0.15) is 17.3 Å². The fourth-order valence-electron chi connectivity index (χ4n) is 1.62. The Balaban J connectivity index is 2.37. The summed E-state index contributed by atoms with van der Waals surface area (Å²) < 4.78 is 1.93. The third-order valence-corrected chi connectivity index (χ3v) is 2.31. The Morgan fingerprint density at radius 1 is 1.40 bits per heavy atom. The molecule has 0 fully saturated rings. The Bertz CT molecular complexity index is 417. The van der Waals surface area contributed by atoms with Gasteiger partial charge in [0.15, 0.2) is 0 Å². The summed E-state index contributed by atoms with van der Waals surface area (Å²) in [6.07, 6.45) is 5.82. The SMILES string of the molecule is CCCc1nc(CO)c(-n2cccc2)[nH]1. The molecule has 0 aromatic carbocycles. The van der Waals surface area contributed by atoms with E-state index in [2.05, 4.69) is 16.9 Å². The summed E-state index contributed by atoms with van der Waals surface area (Å²) in [6, 6.07) is 3.89. The van der Waals surface area contributed by atoms with Gasteiger partial charge in [-0.05, 0) is 18.6 Å². The van der Waals surface area contributed by atoms with Crippen LogP contribution in [0.3, 0.4) is 0 Å². The zero-order chi connectivity index (χ0) is 10.7. The summed E-state index contributed by atoms with van der Waals surface area (Å²) in [5.74, 6) is 1.80. The van der Waals surface area contributed by atoms with E-state index in [1.54, 1.807) is 0 Å². The van der Waals surface area contributed by atoms with Crippen molar-refractivity contribution in [2.75, 3.05) is 0 Å². The van der Waals surface area contributed by atoms with E-state index in [1.165, 1.54) is 0 Å². The highest BCUT2D eigenvalue weighted by Gasteiger charge is 2.09. The number of imidazole rings is 1. The summed E-state index contributed by atoms with van der Waals surface area (Å²) >= 11 is 0. The first-order valence-electron chi connectivity index (χ1n) is 5.17. The Hall–Kier alpha value is -1.55. The number of aromatic nitrogens is 3. The Morgan fingerprint density at radius 3 is 2.73 bits per heavy atom. The number of hydrogen-bond acceptors (Lipinski definition) is 2. The molecule has 15 heavy (non-hydrogen) atoms. The third-order valence-electron chi connectivity index (χ3n) is 2.31. The average molecular weight is 205 g/mol. The number of aryl methyl sites for hydroxylation is 1. The van der Waals surface area contributed by atoms with Crippen molar-refractivity contribution in [3.63, 3.8) is 0 Å². The van der Waals surface area contributed by atoms with Gasteiger partial charge < -0.3 is 14.7 Å². The predicted octanol–water partition coefficient (Wildman–Crippen LogP) is 1.65. The van der Waals surface area contributed by atoms with Gasteiger partial charge in [0.25, 0.3) is 0 Å². The molecule has 4 nitrogen and oxygen atoms in total. The lowest BCUT2D eigenvalue weighted by Gasteiger charge is -2.00. The summed E-state index contributed by atoms with van der Waals surface area (Å²) in [4.78, 5) is 7.58. The normalized spacial score (nSPS) is 10.8. The number of aromatic amines is 1. The molecule has 2 N–H and O–H groups in total. The highest BCUT2D eigenvalue weighted by atomic mass is 16.3. The summed E-state index contributed by atoms with van der Waals surface area (Å²) in [7, 11) is 0. The molecule has 0 aliphatic rings. The second kappa shape index (κ2) is 4.31. The van der Waals surface area contributed by atoms with Gasteiger partial charge in [-0.25, -0.2) is 4.98 Å². The fourth-order valence-corrected chi connectivity index (χ4v) is 1.62. The monoisotopic (exact) mass is 205 g/mol. The Morgan fingerprint density at radius 2 is 2.13 bits per heavy atom. The summed E-state index contributed by atoms with van der Waals surface area (Å²) in [6.45, 7) is 2.07. The van der Waals surface area contributed by atoms with Crippen molar-refractivity contribution in [3.8, 4) is 5.82 Å². The Labute approximate surface area is 88.6 Å². The molecule has 2 aromatic heterocycles. The minimum atomic E-state index is -0.0340. The van der Waals surface area contributed by atoms with Crippen LogP contribution in [0.2, 0.25) is 0 Å². The summed E-state index contributed by atoms with van der Waals surface area (Å²) in [5.41, 5.74) is 0.703. The van der Waals surface area contributed by atoms with Crippen molar-refractivity contribution in [2.24, 2.45) is 0 Å². The molecule has 0 radical (unpaired) electrons. The molecule has 0 aliphatic heterocycles. The standard InChI is InChI=1S/C11H15N3O/c1-2-5-10-12-9(8-15)11(13-10)14-6-3-4-7-14/h3-4,6-7,15H,2,5,8H2,1H3,(H,12,13). The van der Waals surface area contributed by atoms with Crippen LogP contribution in [0.1, 0.15) is 24.9 Å².